The quantitative estimate of drug-likeness (QED) is 0.566. The van der Waals surface area contributed by atoms with Crippen molar-refractivity contribution >= 4 is 16.5 Å². The summed E-state index contributed by atoms with van der Waals surface area (Å²) in [7, 11) is -0.457. The predicted octanol–water partition coefficient (Wildman–Crippen LogP) is 3.91. The molecule has 0 spiro atoms. The van der Waals surface area contributed by atoms with Crippen LogP contribution in [0.1, 0.15) is 39.5 Å². The minimum atomic E-state index is -0.757. The molecule has 0 rings (SSSR count). The fraction of sp³-hybridized carbons (Fsp3) is 1.00. The molecule has 0 fully saturated rings. The van der Waals surface area contributed by atoms with Crippen LogP contribution in [0.3, 0.4) is 0 Å². The maximum atomic E-state index is 12.9. The van der Waals surface area contributed by atoms with Crippen LogP contribution in [0.2, 0.25) is 0 Å². The zero-order valence-corrected chi connectivity index (χ0v) is 10.4. The van der Waals surface area contributed by atoms with Crippen molar-refractivity contribution in [3.05, 3.63) is 0 Å². The fourth-order valence-electron chi connectivity index (χ4n) is 1.03. The first-order valence-electron chi connectivity index (χ1n) is 4.72. The van der Waals surface area contributed by atoms with Crippen molar-refractivity contribution in [2.24, 2.45) is 0 Å². The molecule has 0 saturated carbocycles. The van der Waals surface area contributed by atoms with Crippen LogP contribution in [0, 0.1) is 0 Å². The Labute approximate surface area is 77.3 Å². The molecule has 0 nitrogen and oxygen atoms in total. The first-order valence-corrected chi connectivity index (χ1v) is 8.94. The van der Waals surface area contributed by atoms with Gasteiger partial charge >= 0.3 is 76.7 Å². The Hall–Kier alpha value is 0.720. The van der Waals surface area contributed by atoms with Crippen molar-refractivity contribution in [2.45, 2.75) is 51.4 Å². The van der Waals surface area contributed by atoms with Gasteiger partial charge in [0.15, 0.2) is 0 Å². The van der Waals surface area contributed by atoms with Gasteiger partial charge in [-0.1, -0.05) is 0 Å². The fourth-order valence-corrected chi connectivity index (χ4v) is 5.40. The zero-order chi connectivity index (χ0) is 9.40. The number of rotatable bonds is 7. The van der Waals surface area contributed by atoms with E-state index >= 15 is 0 Å². The molecule has 0 aromatic heterocycles. The summed E-state index contributed by atoms with van der Waals surface area (Å²) in [5.74, 6) is -1.33. The van der Waals surface area contributed by atoms with Crippen LogP contribution in [0.15, 0.2) is 0 Å². The molecule has 0 N–H and O–H groups in total. The van der Waals surface area contributed by atoms with Gasteiger partial charge in [0.25, 0.3) is 0 Å². The summed E-state index contributed by atoms with van der Waals surface area (Å²) < 4.78 is 25.8. The standard InChI is InChI=1S/C8H20F2P2/c1-3-5-7(9)11-12-8(10)6-4-2/h7-8,11H,3-6H2,1-2,12H3. The molecule has 0 radical (unpaired) electrons. The topological polar surface area (TPSA) is 0 Å². The van der Waals surface area contributed by atoms with E-state index in [4.69, 9.17) is 0 Å². The molecule has 0 saturated heterocycles. The first kappa shape index (κ1) is 12.7. The summed E-state index contributed by atoms with van der Waals surface area (Å²) in [6.07, 6.45) is 3.05. The SMILES string of the molecule is CCCC(F)P[PH3]C(F)CCC. The molecule has 76 valence electrons. The molecule has 0 aromatic carbocycles. The molecule has 0 heterocycles. The second-order valence-electron chi connectivity index (χ2n) is 3.05. The third kappa shape index (κ3) is 7.37. The molecular formula is C8H20F2P2. The number of halogens is 2. The molecule has 0 bridgehead atoms. The van der Waals surface area contributed by atoms with Crippen molar-refractivity contribution in [2.75, 3.05) is 0 Å². The average Bonchev–Trinajstić information content (AvgIpc) is 2.02. The van der Waals surface area contributed by atoms with Crippen LogP contribution in [0.5, 0.6) is 0 Å². The molecule has 4 heteroatoms. The van der Waals surface area contributed by atoms with Gasteiger partial charge in [0.2, 0.25) is 0 Å². The third-order valence-corrected chi connectivity index (χ3v) is 6.89. The van der Waals surface area contributed by atoms with Crippen LogP contribution in [0.4, 0.5) is 8.78 Å². The van der Waals surface area contributed by atoms with E-state index in [9.17, 15) is 8.78 Å². The van der Waals surface area contributed by atoms with E-state index < -0.39 is 20.1 Å². The van der Waals surface area contributed by atoms with Crippen LogP contribution < -0.4 is 0 Å². The number of alkyl halides is 2. The van der Waals surface area contributed by atoms with E-state index in [1.807, 2.05) is 13.8 Å². The average molecular weight is 216 g/mol. The van der Waals surface area contributed by atoms with Gasteiger partial charge in [-0.2, -0.15) is 0 Å². The monoisotopic (exact) mass is 216 g/mol. The number of hydrogen-bond donors (Lipinski definition) is 0. The van der Waals surface area contributed by atoms with Gasteiger partial charge in [-0.3, -0.25) is 0 Å². The van der Waals surface area contributed by atoms with Crippen LogP contribution in [0.25, 0.3) is 0 Å². The summed E-state index contributed by atoms with van der Waals surface area (Å²) in [4.78, 5) is 0. The Balaban J connectivity index is 3.27. The summed E-state index contributed by atoms with van der Waals surface area (Å²) >= 11 is 0. The second kappa shape index (κ2) is 8.32. The van der Waals surface area contributed by atoms with E-state index in [0.29, 0.717) is 21.1 Å². The van der Waals surface area contributed by atoms with Crippen molar-refractivity contribution in [1.29, 1.82) is 0 Å². The Kier molecular flexibility index (Phi) is 8.82. The van der Waals surface area contributed by atoms with Gasteiger partial charge in [0.1, 0.15) is 0 Å². The zero-order valence-electron chi connectivity index (χ0n) is 7.95. The number of hydrogen-bond acceptors (Lipinski definition) is 0. The molecule has 0 aliphatic carbocycles. The molecule has 0 aromatic rings. The second-order valence-corrected chi connectivity index (χ2v) is 7.83. The molecule has 0 amide bonds. The summed E-state index contributed by atoms with van der Waals surface area (Å²) in [6.45, 7) is 3.95. The van der Waals surface area contributed by atoms with E-state index in [1.54, 1.807) is 0 Å². The Morgan fingerprint density at radius 2 is 1.75 bits per heavy atom. The van der Waals surface area contributed by atoms with Crippen molar-refractivity contribution in [3.63, 3.8) is 0 Å². The van der Waals surface area contributed by atoms with Gasteiger partial charge in [-0.25, -0.2) is 0 Å². The maximum absolute atomic E-state index is 12.9. The summed E-state index contributed by atoms with van der Waals surface area (Å²) in [5.41, 5.74) is 0. The van der Waals surface area contributed by atoms with Gasteiger partial charge in [-0.05, 0) is 0 Å². The predicted molar refractivity (Wildman–Crippen MR) is 59.0 cm³/mol. The summed E-state index contributed by atoms with van der Waals surface area (Å²) in [6, 6.07) is 0. The van der Waals surface area contributed by atoms with E-state index in [1.165, 1.54) is 0 Å². The van der Waals surface area contributed by atoms with Gasteiger partial charge in [0.05, 0.1) is 0 Å². The normalized spacial score (nSPS) is 17.3. The molecule has 0 aliphatic rings. The van der Waals surface area contributed by atoms with Crippen molar-refractivity contribution in [1.82, 2.24) is 0 Å². The molecule has 3 unspecified atom stereocenters. The molecule has 12 heavy (non-hydrogen) atoms. The van der Waals surface area contributed by atoms with Gasteiger partial charge < -0.3 is 0 Å². The molecule has 0 aliphatic heterocycles. The Bertz CT molecular complexity index is 89.1. The van der Waals surface area contributed by atoms with Crippen LogP contribution in [-0.4, -0.2) is 11.8 Å². The van der Waals surface area contributed by atoms with Crippen molar-refractivity contribution in [3.8, 4) is 0 Å². The van der Waals surface area contributed by atoms with Gasteiger partial charge in [-0.15, -0.1) is 0 Å². The van der Waals surface area contributed by atoms with Crippen LogP contribution in [-0.2, 0) is 0 Å². The van der Waals surface area contributed by atoms with E-state index in [2.05, 4.69) is 0 Å². The third-order valence-electron chi connectivity index (χ3n) is 1.70. The van der Waals surface area contributed by atoms with E-state index in [0.717, 1.165) is 12.8 Å². The Morgan fingerprint density at radius 1 is 1.17 bits per heavy atom. The minimum absolute atomic E-state index is 0.300. The van der Waals surface area contributed by atoms with Crippen molar-refractivity contribution < 1.29 is 8.78 Å². The first-order chi connectivity index (χ1) is 5.70. The van der Waals surface area contributed by atoms with E-state index in [-0.39, 0.29) is 0 Å². The Morgan fingerprint density at radius 3 is 2.25 bits per heavy atom. The molecule has 3 atom stereocenters. The van der Waals surface area contributed by atoms with Crippen LogP contribution >= 0.6 is 16.5 Å². The van der Waals surface area contributed by atoms with Gasteiger partial charge in [0, 0.05) is 0 Å². The summed E-state index contributed by atoms with van der Waals surface area (Å²) in [5, 5.41) is 0. The molecular weight excluding hydrogens is 196 g/mol.